The van der Waals surface area contributed by atoms with Crippen molar-refractivity contribution in [2.75, 3.05) is 25.1 Å². The van der Waals surface area contributed by atoms with E-state index in [-0.39, 0.29) is 41.6 Å². The van der Waals surface area contributed by atoms with Crippen LogP contribution in [0.4, 0.5) is 4.39 Å². The predicted octanol–water partition coefficient (Wildman–Crippen LogP) is 2.80. The molecule has 0 bridgehead atoms. The van der Waals surface area contributed by atoms with Gasteiger partial charge in [0.1, 0.15) is 15.7 Å². The van der Waals surface area contributed by atoms with Crippen molar-refractivity contribution in [1.82, 2.24) is 10.6 Å². The Bertz CT molecular complexity index is 651. The van der Waals surface area contributed by atoms with Gasteiger partial charge in [0.05, 0.1) is 11.8 Å². The number of halogens is 2. The summed E-state index contributed by atoms with van der Waals surface area (Å²) in [6, 6.07) is 5.03. The number of benzene rings is 1. The third-order valence-corrected chi connectivity index (χ3v) is 4.37. The Morgan fingerprint density at radius 3 is 2.58 bits per heavy atom. The van der Waals surface area contributed by atoms with Gasteiger partial charge in [0.2, 0.25) is 0 Å². The number of rotatable bonds is 7. The highest BCUT2D eigenvalue weighted by Crippen LogP contribution is 2.16. The van der Waals surface area contributed by atoms with Crippen molar-refractivity contribution < 1.29 is 12.8 Å². The van der Waals surface area contributed by atoms with Crippen LogP contribution >= 0.6 is 24.0 Å². The Morgan fingerprint density at radius 1 is 1.38 bits per heavy atom. The van der Waals surface area contributed by atoms with Crippen LogP contribution in [0.1, 0.15) is 37.4 Å². The lowest BCUT2D eigenvalue weighted by Gasteiger charge is -2.18. The molecule has 0 aliphatic heterocycles. The van der Waals surface area contributed by atoms with Gasteiger partial charge in [0.15, 0.2) is 5.96 Å². The molecule has 0 fully saturated rings. The molecule has 0 aliphatic rings. The Hall–Kier alpha value is -0.900. The molecule has 0 amide bonds. The molecule has 1 aromatic rings. The predicted molar refractivity (Wildman–Crippen MR) is 108 cm³/mol. The summed E-state index contributed by atoms with van der Waals surface area (Å²) in [4.78, 5) is 4.36. The molecule has 0 heterocycles. The fraction of sp³-hybridized carbons (Fsp3) is 0.562. The van der Waals surface area contributed by atoms with Crippen LogP contribution in [0.5, 0.6) is 0 Å². The Labute approximate surface area is 161 Å². The minimum atomic E-state index is -2.96. The standard InChI is InChI=1S/C16H26FN3O2S.HI/c1-5-18-16(19-9-6-10-23(4,21)22)20-13(3)14-8-7-12(2)15(17)11-14;/h7-8,11,13H,5-6,9-10H2,1-4H3,(H2,18,19,20);1H. The van der Waals surface area contributed by atoms with Crippen LogP contribution in [0.2, 0.25) is 0 Å². The minimum Gasteiger partial charge on any atom is -0.357 e. The first-order valence-electron chi connectivity index (χ1n) is 7.71. The Balaban J connectivity index is 0.00000529. The lowest BCUT2D eigenvalue weighted by Crippen LogP contribution is -2.38. The van der Waals surface area contributed by atoms with Gasteiger partial charge in [-0.25, -0.2) is 12.8 Å². The fourth-order valence-electron chi connectivity index (χ4n) is 2.00. The summed E-state index contributed by atoms with van der Waals surface area (Å²) in [6.45, 7) is 6.70. The molecule has 0 aromatic heterocycles. The molecule has 0 spiro atoms. The van der Waals surface area contributed by atoms with Gasteiger partial charge < -0.3 is 10.6 Å². The Kier molecular flexibility index (Phi) is 10.5. The van der Waals surface area contributed by atoms with Crippen LogP contribution in [0.25, 0.3) is 0 Å². The van der Waals surface area contributed by atoms with Crippen LogP contribution in [0, 0.1) is 12.7 Å². The first-order valence-corrected chi connectivity index (χ1v) is 9.77. The number of aryl methyl sites for hydroxylation is 1. The van der Waals surface area contributed by atoms with E-state index in [1.807, 2.05) is 19.9 Å². The van der Waals surface area contributed by atoms with Gasteiger partial charge >= 0.3 is 0 Å². The van der Waals surface area contributed by atoms with Crippen molar-refractivity contribution in [3.63, 3.8) is 0 Å². The molecule has 138 valence electrons. The highest BCUT2D eigenvalue weighted by Gasteiger charge is 2.10. The molecule has 2 N–H and O–H groups in total. The molecule has 0 saturated carbocycles. The molecule has 0 aliphatic carbocycles. The highest BCUT2D eigenvalue weighted by molar-refractivity contribution is 14.0. The van der Waals surface area contributed by atoms with Gasteiger partial charge in [-0.05, 0) is 44.4 Å². The van der Waals surface area contributed by atoms with E-state index in [0.717, 1.165) is 5.56 Å². The van der Waals surface area contributed by atoms with Crippen molar-refractivity contribution in [1.29, 1.82) is 0 Å². The average Bonchev–Trinajstić information content (AvgIpc) is 2.45. The second kappa shape index (κ2) is 10.9. The van der Waals surface area contributed by atoms with Crippen LogP contribution in [-0.4, -0.2) is 39.5 Å². The van der Waals surface area contributed by atoms with E-state index in [0.29, 0.717) is 31.0 Å². The van der Waals surface area contributed by atoms with E-state index in [9.17, 15) is 12.8 Å². The first-order chi connectivity index (χ1) is 10.7. The van der Waals surface area contributed by atoms with Crippen molar-refractivity contribution in [3.8, 4) is 0 Å². The van der Waals surface area contributed by atoms with E-state index in [1.165, 1.54) is 12.3 Å². The molecule has 1 atom stereocenters. The van der Waals surface area contributed by atoms with E-state index in [4.69, 9.17) is 0 Å². The molecule has 0 radical (unpaired) electrons. The maximum atomic E-state index is 13.7. The molecular weight excluding hydrogens is 444 g/mol. The number of hydrogen-bond acceptors (Lipinski definition) is 3. The van der Waals surface area contributed by atoms with Gasteiger partial charge in [-0.2, -0.15) is 0 Å². The topological polar surface area (TPSA) is 70.6 Å². The van der Waals surface area contributed by atoms with Crippen molar-refractivity contribution in [3.05, 3.63) is 35.1 Å². The number of aliphatic imine (C=N–C) groups is 1. The SMILES string of the molecule is CCNC(=NCCCS(C)(=O)=O)NC(C)c1ccc(C)c(F)c1.I. The number of guanidine groups is 1. The Morgan fingerprint density at radius 2 is 2.04 bits per heavy atom. The average molecular weight is 471 g/mol. The monoisotopic (exact) mass is 471 g/mol. The molecule has 1 aromatic carbocycles. The van der Waals surface area contributed by atoms with Crippen molar-refractivity contribution >= 4 is 39.8 Å². The van der Waals surface area contributed by atoms with Gasteiger partial charge in [0, 0.05) is 19.3 Å². The summed E-state index contributed by atoms with van der Waals surface area (Å²) in [7, 11) is -2.96. The van der Waals surface area contributed by atoms with Crippen LogP contribution in [-0.2, 0) is 9.84 Å². The lowest BCUT2D eigenvalue weighted by molar-refractivity contribution is 0.599. The smallest absolute Gasteiger partial charge is 0.191 e. The van der Waals surface area contributed by atoms with E-state index < -0.39 is 9.84 Å². The number of hydrogen-bond donors (Lipinski definition) is 2. The summed E-state index contributed by atoms with van der Waals surface area (Å²) in [5.74, 6) is 0.481. The van der Waals surface area contributed by atoms with Gasteiger partial charge in [-0.3, -0.25) is 4.99 Å². The summed E-state index contributed by atoms with van der Waals surface area (Å²) in [6.07, 6.45) is 1.69. The zero-order valence-corrected chi connectivity index (χ0v) is 17.7. The normalized spacial score (nSPS) is 13.1. The third kappa shape index (κ3) is 8.81. The molecule has 8 heteroatoms. The largest absolute Gasteiger partial charge is 0.357 e. The maximum Gasteiger partial charge on any atom is 0.191 e. The number of nitrogens with one attached hydrogen (secondary N) is 2. The maximum absolute atomic E-state index is 13.7. The molecule has 0 saturated heterocycles. The quantitative estimate of drug-likeness (QED) is 0.278. The number of nitrogens with zero attached hydrogens (tertiary/aromatic N) is 1. The zero-order chi connectivity index (χ0) is 17.5. The number of sulfone groups is 1. The summed E-state index contributed by atoms with van der Waals surface area (Å²) < 4.78 is 35.9. The molecule has 1 unspecified atom stereocenters. The van der Waals surface area contributed by atoms with Crippen LogP contribution in [0.3, 0.4) is 0 Å². The summed E-state index contributed by atoms with van der Waals surface area (Å²) in [5.41, 5.74) is 1.44. The summed E-state index contributed by atoms with van der Waals surface area (Å²) >= 11 is 0. The zero-order valence-electron chi connectivity index (χ0n) is 14.6. The van der Waals surface area contributed by atoms with E-state index >= 15 is 0 Å². The minimum absolute atomic E-state index is 0. The molecule has 1 rings (SSSR count). The molecule has 5 nitrogen and oxygen atoms in total. The second-order valence-electron chi connectivity index (χ2n) is 5.62. The van der Waals surface area contributed by atoms with Gasteiger partial charge in [-0.1, -0.05) is 12.1 Å². The van der Waals surface area contributed by atoms with Crippen LogP contribution in [0.15, 0.2) is 23.2 Å². The van der Waals surface area contributed by atoms with Gasteiger partial charge in [-0.15, -0.1) is 24.0 Å². The van der Waals surface area contributed by atoms with Gasteiger partial charge in [0.25, 0.3) is 0 Å². The van der Waals surface area contributed by atoms with Crippen molar-refractivity contribution in [2.24, 2.45) is 4.99 Å². The summed E-state index contributed by atoms with van der Waals surface area (Å²) in [5, 5.41) is 6.30. The van der Waals surface area contributed by atoms with E-state index in [1.54, 1.807) is 13.0 Å². The molecular formula is C16H27FIN3O2S. The lowest BCUT2D eigenvalue weighted by atomic mass is 10.1. The third-order valence-electron chi connectivity index (χ3n) is 3.34. The van der Waals surface area contributed by atoms with E-state index in [2.05, 4.69) is 15.6 Å². The van der Waals surface area contributed by atoms with Crippen molar-refractivity contribution in [2.45, 2.75) is 33.2 Å². The van der Waals surface area contributed by atoms with Crippen LogP contribution < -0.4 is 10.6 Å². The highest BCUT2D eigenvalue weighted by atomic mass is 127. The fourth-order valence-corrected chi connectivity index (χ4v) is 2.66. The second-order valence-corrected chi connectivity index (χ2v) is 7.88. The molecule has 24 heavy (non-hydrogen) atoms. The first kappa shape index (κ1) is 23.1.